The summed E-state index contributed by atoms with van der Waals surface area (Å²) >= 11 is 0. The Morgan fingerprint density at radius 1 is 1.37 bits per heavy atom. The fourth-order valence-corrected chi connectivity index (χ4v) is 1.93. The molecule has 0 bridgehead atoms. The molecular weight excluding hydrogens is 242 g/mol. The molecule has 2 rings (SSSR count). The third kappa shape index (κ3) is 2.58. The molecule has 0 radical (unpaired) electrons. The first kappa shape index (κ1) is 13.5. The summed E-state index contributed by atoms with van der Waals surface area (Å²) in [5.74, 6) is 0.547. The van der Waals surface area contributed by atoms with Crippen molar-refractivity contribution in [2.75, 3.05) is 32.5 Å². The van der Waals surface area contributed by atoms with E-state index in [1.54, 1.807) is 4.52 Å². The first-order valence-corrected chi connectivity index (χ1v) is 6.25. The molecule has 0 amide bonds. The second kappa shape index (κ2) is 5.36. The summed E-state index contributed by atoms with van der Waals surface area (Å²) in [7, 11) is 4.00. The predicted molar refractivity (Wildman–Crippen MR) is 77.2 cm³/mol. The van der Waals surface area contributed by atoms with Crippen LogP contribution in [0.5, 0.6) is 0 Å². The number of rotatable bonds is 5. The monoisotopic (exact) mass is 261 g/mol. The van der Waals surface area contributed by atoms with E-state index in [2.05, 4.69) is 20.5 Å². The lowest BCUT2D eigenvalue weighted by atomic mass is 10.2. The van der Waals surface area contributed by atoms with Crippen LogP contribution in [0.15, 0.2) is 17.3 Å². The average Bonchev–Trinajstić information content (AvgIpc) is 2.72. The number of nitrogens with one attached hydrogen (secondary N) is 1. The SMILES string of the molecule is Cc1ccc2c(N=O)c(NCCN(C)C)nn2c1C. The van der Waals surface area contributed by atoms with Crippen LogP contribution in [-0.2, 0) is 0 Å². The van der Waals surface area contributed by atoms with Gasteiger partial charge in [-0.05, 0) is 44.7 Å². The fraction of sp³-hybridized carbons (Fsp3) is 0.462. The lowest BCUT2D eigenvalue weighted by Crippen LogP contribution is -2.20. The molecule has 19 heavy (non-hydrogen) atoms. The molecule has 0 aliphatic rings. The van der Waals surface area contributed by atoms with Crippen molar-refractivity contribution in [3.8, 4) is 0 Å². The van der Waals surface area contributed by atoms with Gasteiger partial charge in [0.15, 0.2) is 11.5 Å². The third-order valence-electron chi connectivity index (χ3n) is 3.22. The molecule has 0 spiro atoms. The highest BCUT2D eigenvalue weighted by Gasteiger charge is 2.15. The van der Waals surface area contributed by atoms with Gasteiger partial charge in [0, 0.05) is 18.8 Å². The average molecular weight is 261 g/mol. The van der Waals surface area contributed by atoms with Gasteiger partial charge in [-0.3, -0.25) is 0 Å². The molecule has 2 aromatic heterocycles. The summed E-state index contributed by atoms with van der Waals surface area (Å²) in [4.78, 5) is 13.1. The van der Waals surface area contributed by atoms with Crippen molar-refractivity contribution in [2.45, 2.75) is 13.8 Å². The number of nitrogens with zero attached hydrogens (tertiary/aromatic N) is 4. The van der Waals surface area contributed by atoms with Crippen LogP contribution >= 0.6 is 0 Å². The highest BCUT2D eigenvalue weighted by Crippen LogP contribution is 2.30. The van der Waals surface area contributed by atoms with E-state index < -0.39 is 0 Å². The Labute approximate surface area is 112 Å². The number of aromatic nitrogens is 2. The third-order valence-corrected chi connectivity index (χ3v) is 3.22. The minimum absolute atomic E-state index is 0.377. The Morgan fingerprint density at radius 3 is 2.74 bits per heavy atom. The smallest absolute Gasteiger partial charge is 0.178 e. The van der Waals surface area contributed by atoms with E-state index in [4.69, 9.17) is 0 Å². The van der Waals surface area contributed by atoms with Crippen LogP contribution in [0, 0.1) is 18.8 Å². The molecule has 0 unspecified atom stereocenters. The van der Waals surface area contributed by atoms with Gasteiger partial charge in [0.25, 0.3) is 0 Å². The number of anilines is 1. The summed E-state index contributed by atoms with van der Waals surface area (Å²) in [5, 5.41) is 10.7. The quantitative estimate of drug-likeness (QED) is 0.839. The molecule has 0 atom stereocenters. The standard InChI is InChI=1S/C13H19N5O/c1-9-5-6-11-12(16-19)13(14-7-8-17(3)4)15-18(11)10(9)2/h5-6H,7-8H2,1-4H3,(H,14,15). The highest BCUT2D eigenvalue weighted by atomic mass is 16.3. The zero-order chi connectivity index (χ0) is 14.0. The topological polar surface area (TPSA) is 62.0 Å². The highest BCUT2D eigenvalue weighted by molar-refractivity contribution is 5.80. The number of hydrogen-bond acceptors (Lipinski definition) is 5. The van der Waals surface area contributed by atoms with Crippen molar-refractivity contribution in [1.82, 2.24) is 14.5 Å². The van der Waals surface area contributed by atoms with Crippen LogP contribution in [0.1, 0.15) is 11.3 Å². The van der Waals surface area contributed by atoms with Gasteiger partial charge in [-0.2, -0.15) is 0 Å². The molecule has 0 fully saturated rings. The van der Waals surface area contributed by atoms with Crippen molar-refractivity contribution >= 4 is 17.0 Å². The van der Waals surface area contributed by atoms with E-state index in [0.717, 1.165) is 29.9 Å². The van der Waals surface area contributed by atoms with E-state index in [9.17, 15) is 4.91 Å². The molecule has 6 heteroatoms. The van der Waals surface area contributed by atoms with Gasteiger partial charge in [-0.15, -0.1) is 10.0 Å². The van der Waals surface area contributed by atoms with Crippen molar-refractivity contribution in [1.29, 1.82) is 0 Å². The molecule has 1 N–H and O–H groups in total. The maximum Gasteiger partial charge on any atom is 0.178 e. The number of likely N-dealkylation sites (N-methyl/N-ethyl adjacent to an activating group) is 1. The zero-order valence-corrected chi connectivity index (χ0v) is 11.8. The van der Waals surface area contributed by atoms with Crippen LogP contribution < -0.4 is 5.32 Å². The lowest BCUT2D eigenvalue weighted by Gasteiger charge is -2.09. The molecule has 0 aliphatic carbocycles. The second-order valence-corrected chi connectivity index (χ2v) is 4.92. The van der Waals surface area contributed by atoms with Crippen LogP contribution in [0.4, 0.5) is 11.5 Å². The Morgan fingerprint density at radius 2 is 2.11 bits per heavy atom. The van der Waals surface area contributed by atoms with Gasteiger partial charge in [0.05, 0.1) is 5.52 Å². The largest absolute Gasteiger partial charge is 0.365 e. The molecule has 0 aromatic carbocycles. The van der Waals surface area contributed by atoms with Crippen LogP contribution in [0.3, 0.4) is 0 Å². The number of hydrogen-bond donors (Lipinski definition) is 1. The first-order valence-electron chi connectivity index (χ1n) is 6.25. The van der Waals surface area contributed by atoms with Crippen LogP contribution in [-0.4, -0.2) is 41.7 Å². The van der Waals surface area contributed by atoms with Gasteiger partial charge >= 0.3 is 0 Å². The van der Waals surface area contributed by atoms with E-state index in [1.807, 2.05) is 40.1 Å². The Balaban J connectivity index is 2.38. The maximum atomic E-state index is 11.0. The lowest BCUT2D eigenvalue weighted by molar-refractivity contribution is 0.425. The molecule has 102 valence electrons. The maximum absolute atomic E-state index is 11.0. The molecule has 0 aliphatic heterocycles. The van der Waals surface area contributed by atoms with Crippen molar-refractivity contribution in [2.24, 2.45) is 5.18 Å². The van der Waals surface area contributed by atoms with Crippen molar-refractivity contribution in [3.63, 3.8) is 0 Å². The summed E-state index contributed by atoms with van der Waals surface area (Å²) in [6, 6.07) is 3.85. The zero-order valence-electron chi connectivity index (χ0n) is 11.8. The normalized spacial score (nSPS) is 11.2. The van der Waals surface area contributed by atoms with E-state index in [1.165, 1.54) is 0 Å². The fourth-order valence-electron chi connectivity index (χ4n) is 1.93. The number of pyridine rings is 1. The van der Waals surface area contributed by atoms with E-state index >= 15 is 0 Å². The van der Waals surface area contributed by atoms with Gasteiger partial charge in [-0.1, -0.05) is 6.07 Å². The summed E-state index contributed by atoms with van der Waals surface area (Å²) in [6.45, 7) is 5.58. The van der Waals surface area contributed by atoms with Crippen LogP contribution in [0.2, 0.25) is 0 Å². The Bertz CT molecular complexity index is 603. The predicted octanol–water partition coefficient (Wildman–Crippen LogP) is 2.32. The minimum atomic E-state index is 0.377. The van der Waals surface area contributed by atoms with Crippen molar-refractivity contribution < 1.29 is 0 Å². The molecular formula is C13H19N5O. The molecule has 0 saturated heterocycles. The van der Waals surface area contributed by atoms with E-state index in [-0.39, 0.29) is 0 Å². The number of fused-ring (bicyclic) bond motifs is 1. The summed E-state index contributed by atoms with van der Waals surface area (Å²) in [5.41, 5.74) is 3.27. The number of nitroso groups, excluding NO2 is 1. The van der Waals surface area contributed by atoms with Gasteiger partial charge < -0.3 is 10.2 Å². The first-order chi connectivity index (χ1) is 9.04. The Kier molecular flexibility index (Phi) is 3.80. The molecule has 2 heterocycles. The molecule has 6 nitrogen and oxygen atoms in total. The van der Waals surface area contributed by atoms with E-state index in [0.29, 0.717) is 11.5 Å². The van der Waals surface area contributed by atoms with Gasteiger partial charge in [0.1, 0.15) is 0 Å². The summed E-state index contributed by atoms with van der Waals surface area (Å²) < 4.78 is 1.77. The molecule has 2 aromatic rings. The number of aryl methyl sites for hydroxylation is 2. The Hall–Kier alpha value is -1.95. The second-order valence-electron chi connectivity index (χ2n) is 4.92. The summed E-state index contributed by atoms with van der Waals surface area (Å²) in [6.07, 6.45) is 0. The minimum Gasteiger partial charge on any atom is -0.365 e. The van der Waals surface area contributed by atoms with Gasteiger partial charge in [0.2, 0.25) is 0 Å². The molecule has 0 saturated carbocycles. The van der Waals surface area contributed by atoms with Gasteiger partial charge in [-0.25, -0.2) is 4.52 Å². The van der Waals surface area contributed by atoms with Crippen LogP contribution in [0.25, 0.3) is 5.52 Å². The van der Waals surface area contributed by atoms with Crippen molar-refractivity contribution in [3.05, 3.63) is 28.3 Å².